The highest BCUT2D eigenvalue weighted by atomic mass is 31.2. The Balaban J connectivity index is 4.41. The van der Waals surface area contributed by atoms with Crippen molar-refractivity contribution in [1.82, 2.24) is 0 Å². The first-order valence-electron chi connectivity index (χ1n) is 20.4. The molecule has 50 heavy (non-hydrogen) atoms. The highest BCUT2D eigenvalue weighted by Gasteiger charge is 2.27. The number of hydrogen-bond acceptors (Lipinski definition) is 7. The summed E-state index contributed by atoms with van der Waals surface area (Å²) in [7, 11) is 1.48. The van der Waals surface area contributed by atoms with Crippen molar-refractivity contribution >= 4 is 19.8 Å². The molecule has 0 bridgehead atoms. The number of unbranched alkanes of at least 4 members (excludes halogenated alkanes) is 21. The minimum atomic E-state index is -4.37. The summed E-state index contributed by atoms with van der Waals surface area (Å²) in [5, 5.41) is 0. The van der Waals surface area contributed by atoms with E-state index < -0.39 is 26.5 Å². The van der Waals surface area contributed by atoms with E-state index in [0.717, 1.165) is 51.4 Å². The molecule has 1 N–H and O–H groups in total. The van der Waals surface area contributed by atoms with Crippen molar-refractivity contribution in [3.63, 3.8) is 0 Å². The second kappa shape index (κ2) is 33.6. The average Bonchev–Trinajstić information content (AvgIpc) is 3.06. The van der Waals surface area contributed by atoms with Gasteiger partial charge in [0.05, 0.1) is 27.7 Å². The summed E-state index contributed by atoms with van der Waals surface area (Å²) < 4.78 is 34.2. The molecule has 0 saturated heterocycles. The van der Waals surface area contributed by atoms with E-state index in [-0.39, 0.29) is 25.6 Å². The summed E-state index contributed by atoms with van der Waals surface area (Å²) in [6.07, 6.45) is 32.5. The van der Waals surface area contributed by atoms with E-state index in [4.69, 9.17) is 18.5 Å². The van der Waals surface area contributed by atoms with E-state index in [1.807, 2.05) is 21.1 Å². The van der Waals surface area contributed by atoms with Gasteiger partial charge >= 0.3 is 19.8 Å². The first-order chi connectivity index (χ1) is 24.0. The SMILES string of the molecule is CCCCCCCC/C=C/CCCCCCC(=O)O[C@H](COC(=O)CCCCCCCCCCCCCC)COP(=O)(O)OCC[N+](C)(C)C. The molecule has 0 fully saturated rings. The van der Waals surface area contributed by atoms with Crippen LogP contribution in [0.4, 0.5) is 0 Å². The zero-order valence-corrected chi connectivity index (χ0v) is 34.0. The largest absolute Gasteiger partial charge is 0.472 e. The number of quaternary nitrogens is 1. The Labute approximate surface area is 307 Å². The Kier molecular flexibility index (Phi) is 32.7. The van der Waals surface area contributed by atoms with Crippen LogP contribution < -0.4 is 0 Å². The monoisotopic (exact) mass is 733 g/mol. The van der Waals surface area contributed by atoms with Crippen molar-refractivity contribution in [3.8, 4) is 0 Å². The number of hydrogen-bond donors (Lipinski definition) is 1. The molecular formula is C40H79NO8P+. The summed E-state index contributed by atoms with van der Waals surface area (Å²) in [5.41, 5.74) is 0. The number of carbonyl (C=O) groups is 2. The van der Waals surface area contributed by atoms with Crippen molar-refractivity contribution < 1.29 is 42.1 Å². The number of phosphoric acid groups is 1. The van der Waals surface area contributed by atoms with Crippen LogP contribution in [0.2, 0.25) is 0 Å². The molecule has 2 atom stereocenters. The fourth-order valence-electron chi connectivity index (χ4n) is 5.54. The second-order valence-electron chi connectivity index (χ2n) is 15.0. The van der Waals surface area contributed by atoms with E-state index in [1.165, 1.54) is 96.3 Å². The van der Waals surface area contributed by atoms with Gasteiger partial charge < -0.3 is 18.9 Å². The van der Waals surface area contributed by atoms with Gasteiger partial charge in [-0.1, -0.05) is 142 Å². The Morgan fingerprint density at radius 2 is 1.02 bits per heavy atom. The van der Waals surface area contributed by atoms with E-state index >= 15 is 0 Å². The van der Waals surface area contributed by atoms with Crippen LogP contribution in [0, 0.1) is 0 Å². The van der Waals surface area contributed by atoms with Gasteiger partial charge in [-0.15, -0.1) is 0 Å². The molecule has 9 nitrogen and oxygen atoms in total. The Morgan fingerprint density at radius 1 is 0.600 bits per heavy atom. The molecule has 0 saturated carbocycles. The lowest BCUT2D eigenvalue weighted by atomic mass is 10.0. The van der Waals surface area contributed by atoms with Gasteiger partial charge in [0, 0.05) is 12.8 Å². The van der Waals surface area contributed by atoms with E-state index in [2.05, 4.69) is 26.0 Å². The smallest absolute Gasteiger partial charge is 0.462 e. The maximum absolute atomic E-state index is 12.6. The molecule has 0 radical (unpaired) electrons. The Morgan fingerprint density at radius 3 is 1.48 bits per heavy atom. The van der Waals surface area contributed by atoms with Crippen LogP contribution in [-0.2, 0) is 32.7 Å². The van der Waals surface area contributed by atoms with Gasteiger partial charge in [0.2, 0.25) is 0 Å². The number of allylic oxidation sites excluding steroid dienone is 2. The van der Waals surface area contributed by atoms with Crippen LogP contribution >= 0.6 is 7.82 Å². The van der Waals surface area contributed by atoms with Gasteiger partial charge in [0.15, 0.2) is 6.10 Å². The van der Waals surface area contributed by atoms with Crippen molar-refractivity contribution in [1.29, 1.82) is 0 Å². The van der Waals surface area contributed by atoms with Crippen molar-refractivity contribution in [2.75, 3.05) is 47.5 Å². The van der Waals surface area contributed by atoms with Crippen LogP contribution in [-0.4, -0.2) is 74.9 Å². The molecule has 0 aliphatic rings. The quantitative estimate of drug-likeness (QED) is 0.0221. The first kappa shape index (κ1) is 48.8. The van der Waals surface area contributed by atoms with Crippen LogP contribution in [0.3, 0.4) is 0 Å². The Hall–Kier alpha value is -1.25. The molecule has 0 aromatic heterocycles. The number of phosphoric ester groups is 1. The van der Waals surface area contributed by atoms with Crippen LogP contribution in [0.1, 0.15) is 181 Å². The fourth-order valence-corrected chi connectivity index (χ4v) is 6.28. The third kappa shape index (κ3) is 36.5. The number of carbonyl (C=O) groups excluding carboxylic acids is 2. The molecule has 0 aliphatic carbocycles. The molecule has 0 heterocycles. The van der Waals surface area contributed by atoms with Crippen molar-refractivity contribution in [3.05, 3.63) is 12.2 Å². The van der Waals surface area contributed by atoms with E-state index in [0.29, 0.717) is 23.9 Å². The van der Waals surface area contributed by atoms with Gasteiger partial charge in [0.1, 0.15) is 19.8 Å². The molecule has 0 spiro atoms. The lowest BCUT2D eigenvalue weighted by Gasteiger charge is -2.24. The molecule has 0 rings (SSSR count). The van der Waals surface area contributed by atoms with E-state index in [9.17, 15) is 19.0 Å². The van der Waals surface area contributed by atoms with Gasteiger partial charge in [-0.05, 0) is 38.5 Å². The molecule has 10 heteroatoms. The number of esters is 2. The minimum absolute atomic E-state index is 0.0324. The number of rotatable bonds is 37. The summed E-state index contributed by atoms with van der Waals surface area (Å²) in [6, 6.07) is 0. The number of nitrogens with zero attached hydrogens (tertiary/aromatic N) is 1. The molecule has 0 aliphatic heterocycles. The molecule has 0 amide bonds. The highest BCUT2D eigenvalue weighted by Crippen LogP contribution is 2.43. The van der Waals surface area contributed by atoms with Gasteiger partial charge in [-0.25, -0.2) is 4.57 Å². The molecular weight excluding hydrogens is 653 g/mol. The van der Waals surface area contributed by atoms with Crippen LogP contribution in [0.25, 0.3) is 0 Å². The van der Waals surface area contributed by atoms with Gasteiger partial charge in [-0.3, -0.25) is 18.6 Å². The third-order valence-electron chi connectivity index (χ3n) is 8.80. The lowest BCUT2D eigenvalue weighted by Crippen LogP contribution is -2.37. The Bertz CT molecular complexity index is 876. The fraction of sp³-hybridized carbons (Fsp3) is 0.900. The molecule has 0 aromatic rings. The zero-order chi connectivity index (χ0) is 37.2. The molecule has 296 valence electrons. The van der Waals surface area contributed by atoms with E-state index in [1.54, 1.807) is 0 Å². The van der Waals surface area contributed by atoms with Gasteiger partial charge in [-0.2, -0.15) is 0 Å². The summed E-state index contributed by atoms with van der Waals surface area (Å²) in [5.74, 6) is -0.807. The average molecular weight is 733 g/mol. The predicted molar refractivity (Wildman–Crippen MR) is 206 cm³/mol. The van der Waals surface area contributed by atoms with Crippen LogP contribution in [0.15, 0.2) is 12.2 Å². The molecule has 0 aromatic carbocycles. The maximum atomic E-state index is 12.6. The lowest BCUT2D eigenvalue weighted by molar-refractivity contribution is -0.870. The highest BCUT2D eigenvalue weighted by molar-refractivity contribution is 7.47. The third-order valence-corrected chi connectivity index (χ3v) is 9.78. The summed E-state index contributed by atoms with van der Waals surface area (Å²) >= 11 is 0. The maximum Gasteiger partial charge on any atom is 0.472 e. The van der Waals surface area contributed by atoms with Crippen molar-refractivity contribution in [2.24, 2.45) is 0 Å². The second-order valence-corrected chi connectivity index (χ2v) is 16.5. The standard InChI is InChI=1S/C40H78NO8P/c1-6-8-10-12-14-16-18-20-21-23-25-27-29-31-33-40(43)49-38(37-48-50(44,45)47-35-34-41(3,4)5)36-46-39(42)32-30-28-26-24-22-19-17-15-13-11-9-7-2/h20-21,38H,6-19,22-37H2,1-5H3/p+1/b21-20+/t38-/m1/s1. The normalized spacial score (nSPS) is 13.8. The first-order valence-corrected chi connectivity index (χ1v) is 21.9. The molecule has 1 unspecified atom stereocenters. The predicted octanol–water partition coefficient (Wildman–Crippen LogP) is 11.0. The minimum Gasteiger partial charge on any atom is -0.462 e. The topological polar surface area (TPSA) is 108 Å². The van der Waals surface area contributed by atoms with Crippen LogP contribution in [0.5, 0.6) is 0 Å². The summed E-state index contributed by atoms with van der Waals surface area (Å²) in [4.78, 5) is 35.2. The zero-order valence-electron chi connectivity index (χ0n) is 33.1. The number of ether oxygens (including phenoxy) is 2. The summed E-state index contributed by atoms with van der Waals surface area (Å²) in [6.45, 7) is 4.40. The van der Waals surface area contributed by atoms with Gasteiger partial charge in [0.25, 0.3) is 0 Å². The number of likely N-dealkylation sites (N-methyl/N-ethyl adjacent to an activating group) is 1. The van der Waals surface area contributed by atoms with Crippen molar-refractivity contribution in [2.45, 2.75) is 187 Å².